The van der Waals surface area contributed by atoms with Gasteiger partial charge in [-0.2, -0.15) is 0 Å². The second kappa shape index (κ2) is 5.13. The topological polar surface area (TPSA) is 79.1 Å². The van der Waals surface area contributed by atoms with Gasteiger partial charge in [0, 0.05) is 11.1 Å². The van der Waals surface area contributed by atoms with Crippen molar-refractivity contribution in [3.63, 3.8) is 0 Å². The van der Waals surface area contributed by atoms with Crippen molar-refractivity contribution in [1.82, 2.24) is 0 Å². The van der Waals surface area contributed by atoms with Crippen LogP contribution in [-0.4, -0.2) is 22.1 Å². The molecule has 21 heavy (non-hydrogen) atoms. The van der Waals surface area contributed by atoms with Crippen LogP contribution in [0.5, 0.6) is 11.5 Å². The van der Waals surface area contributed by atoms with E-state index in [4.69, 9.17) is 4.74 Å². The number of esters is 1. The van der Waals surface area contributed by atoms with Crippen LogP contribution < -0.4 is 0 Å². The summed E-state index contributed by atoms with van der Waals surface area (Å²) in [5.41, 5.74) is 1.05. The van der Waals surface area contributed by atoms with Gasteiger partial charge in [-0.25, -0.2) is 9.79 Å². The minimum atomic E-state index is -0.600. The minimum Gasteiger partial charge on any atom is -0.504 e. The molecule has 0 amide bonds. The maximum Gasteiger partial charge on any atom is 0.363 e. The van der Waals surface area contributed by atoms with Crippen LogP contribution in [0.1, 0.15) is 11.1 Å². The molecule has 2 aromatic rings. The third kappa shape index (κ3) is 2.49. The van der Waals surface area contributed by atoms with Crippen molar-refractivity contribution < 1.29 is 19.7 Å². The Morgan fingerprint density at radius 1 is 1.00 bits per heavy atom. The van der Waals surface area contributed by atoms with Gasteiger partial charge in [0.05, 0.1) is 0 Å². The maximum absolute atomic E-state index is 11.8. The molecule has 0 saturated heterocycles. The lowest BCUT2D eigenvalue weighted by Crippen LogP contribution is -2.04. The summed E-state index contributed by atoms with van der Waals surface area (Å²) in [4.78, 5) is 15.9. The van der Waals surface area contributed by atoms with E-state index >= 15 is 0 Å². The summed E-state index contributed by atoms with van der Waals surface area (Å²) >= 11 is 0. The fourth-order valence-electron chi connectivity index (χ4n) is 1.93. The Balaban J connectivity index is 1.99. The summed E-state index contributed by atoms with van der Waals surface area (Å²) in [5.74, 6) is -0.952. The van der Waals surface area contributed by atoms with Crippen LogP contribution in [0.15, 0.2) is 59.2 Å². The van der Waals surface area contributed by atoms with Gasteiger partial charge in [-0.05, 0) is 24.3 Å². The minimum absolute atomic E-state index is 0.0646. The second-order valence-corrected chi connectivity index (χ2v) is 4.42. The Morgan fingerprint density at radius 2 is 1.76 bits per heavy atom. The number of cyclic esters (lactones) is 1. The summed E-state index contributed by atoms with van der Waals surface area (Å²) in [6, 6.07) is 13.5. The lowest BCUT2D eigenvalue weighted by Gasteiger charge is -2.00. The van der Waals surface area contributed by atoms with Crippen molar-refractivity contribution in [2.45, 2.75) is 0 Å². The number of phenolic OH excluding ortho intramolecular Hbond substituents is 2. The summed E-state index contributed by atoms with van der Waals surface area (Å²) < 4.78 is 5.10. The Morgan fingerprint density at radius 3 is 2.52 bits per heavy atom. The van der Waals surface area contributed by atoms with E-state index < -0.39 is 5.97 Å². The van der Waals surface area contributed by atoms with Gasteiger partial charge < -0.3 is 14.9 Å². The van der Waals surface area contributed by atoms with E-state index in [2.05, 4.69) is 4.99 Å². The SMILES string of the molecule is O=C1OC(c2ccccc2)=N/C1=C\c1cccc(O)c1O. The zero-order chi connectivity index (χ0) is 14.8. The quantitative estimate of drug-likeness (QED) is 0.503. The van der Waals surface area contributed by atoms with Gasteiger partial charge in [0.15, 0.2) is 17.2 Å². The molecule has 5 nitrogen and oxygen atoms in total. The molecule has 0 saturated carbocycles. The Kier molecular flexibility index (Phi) is 3.16. The van der Waals surface area contributed by atoms with Gasteiger partial charge in [-0.3, -0.25) is 0 Å². The molecule has 0 bridgehead atoms. The highest BCUT2D eigenvalue weighted by atomic mass is 16.6. The van der Waals surface area contributed by atoms with Crippen molar-refractivity contribution >= 4 is 17.9 Å². The third-order valence-corrected chi connectivity index (χ3v) is 2.98. The van der Waals surface area contributed by atoms with Crippen LogP contribution in [0.3, 0.4) is 0 Å². The smallest absolute Gasteiger partial charge is 0.363 e. The van der Waals surface area contributed by atoms with Gasteiger partial charge in [-0.15, -0.1) is 0 Å². The summed E-state index contributed by atoms with van der Waals surface area (Å²) in [6.07, 6.45) is 1.37. The monoisotopic (exact) mass is 281 g/mol. The van der Waals surface area contributed by atoms with Gasteiger partial charge in [0.1, 0.15) is 0 Å². The van der Waals surface area contributed by atoms with E-state index in [-0.39, 0.29) is 23.1 Å². The summed E-state index contributed by atoms with van der Waals surface area (Å²) in [7, 11) is 0. The number of ether oxygens (including phenoxy) is 1. The van der Waals surface area contributed by atoms with Gasteiger partial charge in [0.25, 0.3) is 0 Å². The van der Waals surface area contributed by atoms with Crippen molar-refractivity contribution in [1.29, 1.82) is 0 Å². The normalized spacial score (nSPS) is 15.9. The molecule has 3 rings (SSSR count). The van der Waals surface area contributed by atoms with Crippen molar-refractivity contribution in [3.05, 3.63) is 65.4 Å². The first-order chi connectivity index (χ1) is 10.1. The summed E-state index contributed by atoms with van der Waals surface area (Å²) in [6.45, 7) is 0. The summed E-state index contributed by atoms with van der Waals surface area (Å²) in [5, 5.41) is 19.2. The molecule has 0 fully saturated rings. The van der Waals surface area contributed by atoms with Crippen LogP contribution in [-0.2, 0) is 9.53 Å². The first-order valence-electron chi connectivity index (χ1n) is 6.24. The highest BCUT2D eigenvalue weighted by Crippen LogP contribution is 2.31. The highest BCUT2D eigenvalue weighted by molar-refractivity contribution is 6.12. The van der Waals surface area contributed by atoms with Crippen LogP contribution in [0.25, 0.3) is 6.08 Å². The van der Waals surface area contributed by atoms with E-state index in [1.807, 2.05) is 18.2 Å². The number of nitrogens with zero attached hydrogens (tertiary/aromatic N) is 1. The molecule has 0 spiro atoms. The number of hydrogen-bond donors (Lipinski definition) is 2. The van der Waals surface area contributed by atoms with Crippen molar-refractivity contribution in [2.75, 3.05) is 0 Å². The first kappa shape index (κ1) is 12.9. The number of hydrogen-bond acceptors (Lipinski definition) is 5. The lowest BCUT2D eigenvalue weighted by atomic mass is 10.1. The zero-order valence-electron chi connectivity index (χ0n) is 10.9. The molecule has 104 valence electrons. The van der Waals surface area contributed by atoms with Gasteiger partial charge in [0.2, 0.25) is 5.90 Å². The Labute approximate surface area is 120 Å². The van der Waals surface area contributed by atoms with Gasteiger partial charge in [-0.1, -0.05) is 30.3 Å². The predicted molar refractivity (Wildman–Crippen MR) is 76.8 cm³/mol. The number of para-hydroxylation sites is 1. The molecule has 2 aromatic carbocycles. The van der Waals surface area contributed by atoms with E-state index in [1.54, 1.807) is 24.3 Å². The number of benzene rings is 2. The van der Waals surface area contributed by atoms with Crippen LogP contribution in [0.2, 0.25) is 0 Å². The standard InChI is InChI=1S/C16H11NO4/c18-13-8-4-7-11(14(13)19)9-12-16(20)21-15(17-12)10-5-2-1-3-6-10/h1-9,18-19H/b12-9-. The average molecular weight is 281 g/mol. The number of aliphatic imine (C=N–C) groups is 1. The number of phenols is 2. The van der Waals surface area contributed by atoms with E-state index in [0.29, 0.717) is 11.1 Å². The second-order valence-electron chi connectivity index (χ2n) is 4.42. The van der Waals surface area contributed by atoms with E-state index in [1.165, 1.54) is 12.1 Å². The molecule has 2 N–H and O–H groups in total. The Bertz CT molecular complexity index is 763. The fraction of sp³-hybridized carbons (Fsp3) is 0. The van der Waals surface area contributed by atoms with Crippen molar-refractivity contribution in [3.8, 4) is 11.5 Å². The molecule has 0 radical (unpaired) electrons. The third-order valence-electron chi connectivity index (χ3n) is 2.98. The van der Waals surface area contributed by atoms with E-state index in [9.17, 15) is 15.0 Å². The number of carbonyl (C=O) groups excluding carboxylic acids is 1. The van der Waals surface area contributed by atoms with Crippen molar-refractivity contribution in [2.24, 2.45) is 4.99 Å². The number of rotatable bonds is 2. The zero-order valence-corrected chi connectivity index (χ0v) is 10.9. The molecular formula is C16H11NO4. The lowest BCUT2D eigenvalue weighted by molar-refractivity contribution is -0.129. The van der Waals surface area contributed by atoms with E-state index in [0.717, 1.165) is 0 Å². The van der Waals surface area contributed by atoms with Gasteiger partial charge >= 0.3 is 5.97 Å². The van der Waals surface area contributed by atoms with Crippen LogP contribution >= 0.6 is 0 Å². The average Bonchev–Trinajstić information content (AvgIpc) is 2.86. The molecule has 1 aliphatic heterocycles. The molecule has 0 atom stereocenters. The molecule has 0 aromatic heterocycles. The maximum atomic E-state index is 11.8. The van der Waals surface area contributed by atoms with Crippen LogP contribution in [0, 0.1) is 0 Å². The fourth-order valence-corrected chi connectivity index (χ4v) is 1.93. The Hall–Kier alpha value is -3.08. The van der Waals surface area contributed by atoms with Crippen LogP contribution in [0.4, 0.5) is 0 Å². The molecule has 5 heteroatoms. The molecule has 1 aliphatic rings. The predicted octanol–water partition coefficient (Wildman–Crippen LogP) is 2.44. The largest absolute Gasteiger partial charge is 0.504 e. The molecule has 0 unspecified atom stereocenters. The molecule has 1 heterocycles. The molecular weight excluding hydrogens is 270 g/mol. The number of carbonyl (C=O) groups is 1. The highest BCUT2D eigenvalue weighted by Gasteiger charge is 2.24. The molecule has 0 aliphatic carbocycles. The first-order valence-corrected chi connectivity index (χ1v) is 6.24. The number of aromatic hydroxyl groups is 2.